The first-order chi connectivity index (χ1) is 29.1. The van der Waals surface area contributed by atoms with Crippen molar-refractivity contribution in [3.63, 3.8) is 0 Å². The van der Waals surface area contributed by atoms with E-state index in [9.17, 15) is 33.9 Å². The summed E-state index contributed by atoms with van der Waals surface area (Å²) in [4.78, 5) is 78.3. The predicted octanol–water partition coefficient (Wildman–Crippen LogP) is 5.27. The van der Waals surface area contributed by atoms with Crippen molar-refractivity contribution < 1.29 is 48.1 Å². The molecule has 0 aliphatic carbocycles. The van der Waals surface area contributed by atoms with Gasteiger partial charge < -0.3 is 40.2 Å². The molecular weight excluding hydrogens is 815 g/mol. The molecule has 0 unspecified atom stereocenters. The number of rotatable bonds is 28. The van der Waals surface area contributed by atoms with Crippen LogP contribution in [0.25, 0.3) is 0 Å². The molecule has 0 aromatic heterocycles. The number of amides is 4. The zero-order chi connectivity index (χ0) is 46.5. The van der Waals surface area contributed by atoms with Crippen molar-refractivity contribution in [2.24, 2.45) is 11.3 Å². The van der Waals surface area contributed by atoms with Crippen LogP contribution in [-0.2, 0) is 49.5 Å². The van der Waals surface area contributed by atoms with Crippen LogP contribution in [0.15, 0.2) is 36.4 Å². The van der Waals surface area contributed by atoms with E-state index in [1.807, 2.05) is 46.4 Å². The van der Waals surface area contributed by atoms with Crippen molar-refractivity contribution in [1.29, 1.82) is 0 Å². The van der Waals surface area contributed by atoms with E-state index in [1.54, 1.807) is 31.7 Å². The van der Waals surface area contributed by atoms with Crippen LogP contribution >= 0.6 is 11.8 Å². The molecule has 1 aromatic carbocycles. The molecule has 16 heteroatoms. The van der Waals surface area contributed by atoms with E-state index in [4.69, 9.17) is 14.2 Å². The molecule has 1 heterocycles. The molecule has 15 nitrogen and oxygen atoms in total. The number of nitrogens with one attached hydrogen (secondary N) is 3. The van der Waals surface area contributed by atoms with Gasteiger partial charge in [-0.1, -0.05) is 58.0 Å². The lowest BCUT2D eigenvalue weighted by atomic mass is 9.93. The minimum atomic E-state index is -1.26. The van der Waals surface area contributed by atoms with Gasteiger partial charge in [-0.2, -0.15) is 0 Å². The average Bonchev–Trinajstić information content (AvgIpc) is 3.20. The lowest BCUT2D eigenvalue weighted by Crippen LogP contribution is -2.48. The third-order valence-electron chi connectivity index (χ3n) is 10.3. The van der Waals surface area contributed by atoms with Gasteiger partial charge in [0.05, 0.1) is 42.6 Å². The van der Waals surface area contributed by atoms with Crippen molar-refractivity contribution in [3.8, 4) is 0 Å². The SMILES string of the molecule is CC(C)C[C@H](OC(=O)C(C)(C)CNC(=O)CNC(=O)/C=C/CC[C@H](C)O[C@@H](C)c1ccc(CN2CCN(C(=O)CCC(C)(C)SCC(=O)NCCOC(C)C)CC2)cc1)C(=O)O. The number of carboxylic acid groups (broad SMARTS) is 1. The topological polar surface area (TPSA) is 193 Å². The minimum absolute atomic E-state index is 0.0171. The maximum absolute atomic E-state index is 13.0. The third kappa shape index (κ3) is 22.4. The molecule has 1 fully saturated rings. The van der Waals surface area contributed by atoms with Gasteiger partial charge >= 0.3 is 11.9 Å². The second-order valence-electron chi connectivity index (χ2n) is 18.0. The molecule has 1 aliphatic rings. The number of carboxylic acids is 1. The number of hydrogen-bond donors (Lipinski definition) is 4. The molecule has 4 N–H and O–H groups in total. The number of piperazine rings is 1. The van der Waals surface area contributed by atoms with Crippen molar-refractivity contribution in [2.45, 2.75) is 137 Å². The molecule has 62 heavy (non-hydrogen) atoms. The van der Waals surface area contributed by atoms with Crippen molar-refractivity contribution in [3.05, 3.63) is 47.5 Å². The third-order valence-corrected chi connectivity index (χ3v) is 11.7. The molecule has 0 saturated carbocycles. The smallest absolute Gasteiger partial charge is 0.345 e. The van der Waals surface area contributed by atoms with E-state index in [1.165, 1.54) is 11.6 Å². The Hall–Kier alpha value is -3.99. The molecule has 3 atom stereocenters. The summed E-state index contributed by atoms with van der Waals surface area (Å²) in [5.41, 5.74) is 1.10. The largest absolute Gasteiger partial charge is 0.479 e. The highest BCUT2D eigenvalue weighted by Crippen LogP contribution is 2.30. The molecule has 350 valence electrons. The van der Waals surface area contributed by atoms with E-state index in [0.29, 0.717) is 57.7 Å². The summed E-state index contributed by atoms with van der Waals surface area (Å²) in [5.74, 6) is -2.35. The summed E-state index contributed by atoms with van der Waals surface area (Å²) in [6.07, 6.45) is 4.43. The molecule has 0 bridgehead atoms. The highest BCUT2D eigenvalue weighted by atomic mass is 32.2. The second kappa shape index (κ2) is 27.3. The molecule has 0 spiro atoms. The zero-order valence-electron chi connectivity index (χ0n) is 38.9. The van der Waals surface area contributed by atoms with Gasteiger partial charge in [0.1, 0.15) is 0 Å². The van der Waals surface area contributed by atoms with E-state index in [-0.39, 0.29) is 60.3 Å². The summed E-state index contributed by atoms with van der Waals surface area (Å²) >= 11 is 1.58. The van der Waals surface area contributed by atoms with E-state index < -0.39 is 35.3 Å². The van der Waals surface area contributed by atoms with Gasteiger partial charge in [-0.15, -0.1) is 11.8 Å². The first-order valence-electron chi connectivity index (χ1n) is 22.0. The molecule has 1 aromatic rings. The number of nitrogens with zero attached hydrogens (tertiary/aromatic N) is 2. The van der Waals surface area contributed by atoms with Gasteiger partial charge in [-0.3, -0.25) is 28.9 Å². The van der Waals surface area contributed by atoms with Crippen LogP contribution in [0.5, 0.6) is 0 Å². The Labute approximate surface area is 374 Å². The van der Waals surface area contributed by atoms with Crippen molar-refractivity contribution in [2.75, 3.05) is 58.2 Å². The average molecular weight is 890 g/mol. The Morgan fingerprint density at radius 1 is 0.887 bits per heavy atom. The molecule has 1 saturated heterocycles. The fourth-order valence-electron chi connectivity index (χ4n) is 6.36. The van der Waals surface area contributed by atoms with Crippen LogP contribution < -0.4 is 16.0 Å². The van der Waals surface area contributed by atoms with Crippen molar-refractivity contribution >= 4 is 47.3 Å². The number of aliphatic carboxylic acids is 1. The van der Waals surface area contributed by atoms with Gasteiger partial charge in [-0.25, -0.2) is 4.79 Å². The molecule has 0 radical (unpaired) electrons. The fourth-order valence-corrected chi connectivity index (χ4v) is 7.23. The van der Waals surface area contributed by atoms with Crippen LogP contribution in [0.4, 0.5) is 0 Å². The lowest BCUT2D eigenvalue weighted by Gasteiger charge is -2.35. The minimum Gasteiger partial charge on any atom is -0.479 e. The standard InChI is InChI=1S/C46H75N5O10S/c1-32(2)27-38(43(56)57)61-44(58)45(7,8)31-49-40(53)28-48-39(52)14-12-11-13-34(5)60-35(6)37-17-15-36(16-18-37)29-50-22-24-51(25-23-50)42(55)19-20-46(9,10)62-30-41(54)47-21-26-59-33(3)4/h12,14-18,32-35,38H,11,13,19-31H2,1-10H3,(H,47,54)(H,48,52)(H,49,53)(H,56,57)/b14-12+/t34-,35-,38-/m0/s1. The summed E-state index contributed by atoms with van der Waals surface area (Å²) in [6.45, 7) is 23.3. The Kier molecular flexibility index (Phi) is 23.8. The van der Waals surface area contributed by atoms with E-state index in [2.05, 4.69) is 59.0 Å². The van der Waals surface area contributed by atoms with Crippen molar-refractivity contribution in [1.82, 2.24) is 25.8 Å². The number of carbonyl (C=O) groups excluding carboxylic acids is 5. The van der Waals surface area contributed by atoms with Crippen LogP contribution in [0.1, 0.15) is 119 Å². The number of benzene rings is 1. The Morgan fingerprint density at radius 3 is 2.16 bits per heavy atom. The lowest BCUT2D eigenvalue weighted by molar-refractivity contribution is -0.171. The number of esters is 1. The Bertz CT molecular complexity index is 1610. The second-order valence-corrected chi connectivity index (χ2v) is 19.7. The summed E-state index contributed by atoms with van der Waals surface area (Å²) < 4.78 is 16.7. The number of thioether (sulfide) groups is 1. The summed E-state index contributed by atoms with van der Waals surface area (Å²) in [6, 6.07) is 8.43. The van der Waals surface area contributed by atoms with Crippen LogP contribution in [-0.4, -0.2) is 132 Å². The number of allylic oxidation sites excluding steroid dienone is 1. The molecule has 4 amide bonds. The first kappa shape index (κ1) is 54.1. The quantitative estimate of drug-likeness (QED) is 0.0485. The predicted molar refractivity (Wildman–Crippen MR) is 242 cm³/mol. The Balaban J connectivity index is 1.64. The molecular formula is C46H75N5O10S. The number of hydrogen-bond acceptors (Lipinski definition) is 11. The van der Waals surface area contributed by atoms with Gasteiger partial charge in [0, 0.05) is 57.0 Å². The first-order valence-corrected chi connectivity index (χ1v) is 23.0. The van der Waals surface area contributed by atoms with Gasteiger partial charge in [0.25, 0.3) is 0 Å². The van der Waals surface area contributed by atoms with Crippen LogP contribution in [0.3, 0.4) is 0 Å². The van der Waals surface area contributed by atoms with Gasteiger partial charge in [0.15, 0.2) is 6.10 Å². The molecule has 2 rings (SSSR count). The normalized spacial score (nSPS) is 15.3. The molecule has 1 aliphatic heterocycles. The highest BCUT2D eigenvalue weighted by molar-refractivity contribution is 8.01. The summed E-state index contributed by atoms with van der Waals surface area (Å²) in [7, 11) is 0. The van der Waals surface area contributed by atoms with Gasteiger partial charge in [0.2, 0.25) is 23.6 Å². The summed E-state index contributed by atoms with van der Waals surface area (Å²) in [5, 5.41) is 17.4. The monoisotopic (exact) mass is 890 g/mol. The number of ether oxygens (including phenoxy) is 3. The van der Waals surface area contributed by atoms with Crippen LogP contribution in [0.2, 0.25) is 0 Å². The Morgan fingerprint density at radius 2 is 1.55 bits per heavy atom. The van der Waals surface area contributed by atoms with Crippen LogP contribution in [0, 0.1) is 11.3 Å². The van der Waals surface area contributed by atoms with E-state index >= 15 is 0 Å². The number of carbonyl (C=O) groups is 6. The highest BCUT2D eigenvalue weighted by Gasteiger charge is 2.34. The fraction of sp³-hybridized carbons (Fsp3) is 0.696. The van der Waals surface area contributed by atoms with Gasteiger partial charge in [-0.05, 0) is 90.3 Å². The zero-order valence-corrected chi connectivity index (χ0v) is 39.7. The maximum Gasteiger partial charge on any atom is 0.345 e. The maximum atomic E-state index is 13.0. The van der Waals surface area contributed by atoms with E-state index in [0.717, 1.165) is 25.2 Å².